The Balaban J connectivity index is 1.22. The Hall–Kier alpha value is -4.27. The summed E-state index contributed by atoms with van der Waals surface area (Å²) in [7, 11) is 0. The van der Waals surface area contributed by atoms with Crippen LogP contribution in [-0.2, 0) is 11.2 Å². The maximum Gasteiger partial charge on any atom is 0.224 e. The quantitative estimate of drug-likeness (QED) is 0.377. The van der Waals surface area contributed by atoms with E-state index in [1.54, 1.807) is 36.6 Å². The number of nitrogens with zero attached hydrogens (tertiary/aromatic N) is 2. The predicted molar refractivity (Wildman–Crippen MR) is 113 cm³/mol. The summed E-state index contributed by atoms with van der Waals surface area (Å²) in [6, 6.07) is 12.1. The van der Waals surface area contributed by atoms with Crippen LogP contribution in [0, 0.1) is 11.6 Å². The van der Waals surface area contributed by atoms with Crippen molar-refractivity contribution in [1.29, 1.82) is 0 Å². The van der Waals surface area contributed by atoms with Crippen LogP contribution in [0.2, 0.25) is 0 Å². The number of aromatic amines is 1. The minimum absolute atomic E-state index is 0.108. The largest absolute Gasteiger partial charge is 0.461 e. The molecular formula is C23H16F2N4O3. The average molecular weight is 434 g/mol. The van der Waals surface area contributed by atoms with Gasteiger partial charge in [0.1, 0.15) is 11.6 Å². The molecule has 2 aromatic carbocycles. The maximum absolute atomic E-state index is 13.9. The number of aryl methyl sites for hydroxylation is 1. The third-order valence-electron chi connectivity index (χ3n) is 4.84. The second-order valence-corrected chi connectivity index (χ2v) is 7.09. The SMILES string of the molecule is O=C(CCc1ncc(-c2ccc(F)cc2F)o1)Nc1ccc2nc(-c3ccco3)[nH]c2c1. The number of hydrogen-bond acceptors (Lipinski definition) is 5. The Morgan fingerprint density at radius 1 is 1.09 bits per heavy atom. The van der Waals surface area contributed by atoms with Crippen LogP contribution in [0.4, 0.5) is 14.5 Å². The first-order valence-electron chi connectivity index (χ1n) is 9.79. The van der Waals surface area contributed by atoms with Crippen LogP contribution >= 0.6 is 0 Å². The molecule has 160 valence electrons. The molecule has 32 heavy (non-hydrogen) atoms. The molecule has 0 aliphatic carbocycles. The molecule has 9 heteroatoms. The number of halogens is 2. The second-order valence-electron chi connectivity index (χ2n) is 7.09. The van der Waals surface area contributed by atoms with Gasteiger partial charge in [0.05, 0.1) is 29.1 Å². The highest BCUT2D eigenvalue weighted by Crippen LogP contribution is 2.25. The van der Waals surface area contributed by atoms with E-state index < -0.39 is 11.6 Å². The van der Waals surface area contributed by atoms with Gasteiger partial charge in [-0.2, -0.15) is 0 Å². The Bertz CT molecular complexity index is 1410. The van der Waals surface area contributed by atoms with Gasteiger partial charge < -0.3 is 19.1 Å². The fourth-order valence-electron chi connectivity index (χ4n) is 3.30. The van der Waals surface area contributed by atoms with Gasteiger partial charge in [-0.3, -0.25) is 4.79 Å². The van der Waals surface area contributed by atoms with Crippen molar-refractivity contribution < 1.29 is 22.4 Å². The van der Waals surface area contributed by atoms with E-state index in [-0.39, 0.29) is 36.0 Å². The van der Waals surface area contributed by atoms with Gasteiger partial charge in [0, 0.05) is 24.6 Å². The number of rotatable bonds is 6. The van der Waals surface area contributed by atoms with Crippen LogP contribution in [-0.4, -0.2) is 20.9 Å². The number of amides is 1. The lowest BCUT2D eigenvalue weighted by Gasteiger charge is -2.04. The zero-order valence-electron chi connectivity index (χ0n) is 16.6. The van der Waals surface area contributed by atoms with Gasteiger partial charge in [0.15, 0.2) is 23.2 Å². The third kappa shape index (κ3) is 4.00. The number of imidazole rings is 1. The van der Waals surface area contributed by atoms with Crippen molar-refractivity contribution in [2.45, 2.75) is 12.8 Å². The number of H-pyrrole nitrogens is 1. The Morgan fingerprint density at radius 2 is 2.00 bits per heavy atom. The normalized spacial score (nSPS) is 11.2. The fourth-order valence-corrected chi connectivity index (χ4v) is 3.30. The molecule has 2 N–H and O–H groups in total. The molecule has 7 nitrogen and oxygen atoms in total. The second kappa shape index (κ2) is 8.10. The molecule has 0 aliphatic rings. The van der Waals surface area contributed by atoms with Crippen molar-refractivity contribution in [1.82, 2.24) is 15.0 Å². The maximum atomic E-state index is 13.9. The summed E-state index contributed by atoms with van der Waals surface area (Å²) in [5.41, 5.74) is 2.22. The van der Waals surface area contributed by atoms with Gasteiger partial charge in [-0.1, -0.05) is 0 Å². The Morgan fingerprint density at radius 3 is 2.81 bits per heavy atom. The molecule has 3 aromatic heterocycles. The molecule has 0 spiro atoms. The summed E-state index contributed by atoms with van der Waals surface area (Å²) in [6.07, 6.45) is 3.27. The molecule has 5 aromatic rings. The standard InChI is InChI=1S/C23H16F2N4O3/c24-13-3-5-15(16(25)10-13)20-12-26-22(32-20)8-7-21(30)27-14-4-6-17-18(11-14)29-23(28-17)19-2-1-9-31-19/h1-6,9-12H,7-8H2,(H,27,30)(H,28,29). The minimum atomic E-state index is -0.741. The number of benzene rings is 2. The number of carbonyl (C=O) groups excluding carboxylic acids is 1. The van der Waals surface area contributed by atoms with Gasteiger partial charge in [-0.25, -0.2) is 18.7 Å². The molecule has 0 unspecified atom stereocenters. The molecule has 0 saturated heterocycles. The summed E-state index contributed by atoms with van der Waals surface area (Å²) in [4.78, 5) is 24.1. The van der Waals surface area contributed by atoms with Gasteiger partial charge in [-0.05, 0) is 42.5 Å². The van der Waals surface area contributed by atoms with Crippen molar-refractivity contribution >= 4 is 22.6 Å². The van der Waals surface area contributed by atoms with E-state index in [0.29, 0.717) is 17.3 Å². The third-order valence-corrected chi connectivity index (χ3v) is 4.84. The fraction of sp³-hybridized carbons (Fsp3) is 0.0870. The first-order chi connectivity index (χ1) is 15.5. The van der Waals surface area contributed by atoms with Crippen LogP contribution in [0.3, 0.4) is 0 Å². The van der Waals surface area contributed by atoms with Crippen LogP contribution in [0.5, 0.6) is 0 Å². The van der Waals surface area contributed by atoms with Crippen LogP contribution in [0.1, 0.15) is 12.3 Å². The molecule has 5 rings (SSSR count). The highest BCUT2D eigenvalue weighted by Gasteiger charge is 2.14. The van der Waals surface area contributed by atoms with E-state index in [4.69, 9.17) is 8.83 Å². The van der Waals surface area contributed by atoms with Gasteiger partial charge >= 0.3 is 0 Å². The van der Waals surface area contributed by atoms with Gasteiger partial charge in [0.25, 0.3) is 0 Å². The van der Waals surface area contributed by atoms with Crippen LogP contribution < -0.4 is 5.32 Å². The van der Waals surface area contributed by atoms with E-state index in [1.807, 2.05) is 0 Å². The van der Waals surface area contributed by atoms with Crippen LogP contribution in [0.25, 0.3) is 33.9 Å². The van der Waals surface area contributed by atoms with E-state index in [0.717, 1.165) is 23.2 Å². The highest BCUT2D eigenvalue weighted by molar-refractivity contribution is 5.93. The lowest BCUT2D eigenvalue weighted by atomic mass is 10.2. The highest BCUT2D eigenvalue weighted by atomic mass is 19.1. The van der Waals surface area contributed by atoms with E-state index in [1.165, 1.54) is 12.3 Å². The summed E-state index contributed by atoms with van der Waals surface area (Å²) >= 11 is 0. The Labute approximate surface area is 180 Å². The lowest BCUT2D eigenvalue weighted by Crippen LogP contribution is -2.12. The zero-order chi connectivity index (χ0) is 22.1. The number of nitrogens with one attached hydrogen (secondary N) is 2. The lowest BCUT2D eigenvalue weighted by molar-refractivity contribution is -0.116. The van der Waals surface area contributed by atoms with E-state index in [2.05, 4.69) is 20.3 Å². The van der Waals surface area contributed by atoms with Crippen molar-refractivity contribution in [2.75, 3.05) is 5.32 Å². The topological polar surface area (TPSA) is 97.0 Å². The number of fused-ring (bicyclic) bond motifs is 1. The number of aromatic nitrogens is 3. The summed E-state index contributed by atoms with van der Waals surface area (Å²) < 4.78 is 37.8. The molecule has 0 bridgehead atoms. The van der Waals surface area contributed by atoms with Crippen LogP contribution in [0.15, 0.2) is 69.8 Å². The summed E-state index contributed by atoms with van der Waals surface area (Å²) in [6.45, 7) is 0. The first kappa shape index (κ1) is 19.7. The molecule has 0 fully saturated rings. The van der Waals surface area contributed by atoms with Gasteiger partial charge in [0.2, 0.25) is 5.91 Å². The molecule has 3 heterocycles. The van der Waals surface area contributed by atoms with E-state index in [9.17, 15) is 13.6 Å². The van der Waals surface area contributed by atoms with Crippen molar-refractivity contribution in [3.8, 4) is 22.9 Å². The molecule has 0 saturated carbocycles. The minimum Gasteiger partial charge on any atom is -0.461 e. The smallest absolute Gasteiger partial charge is 0.224 e. The first-order valence-corrected chi connectivity index (χ1v) is 9.79. The number of carbonyl (C=O) groups is 1. The molecule has 0 aliphatic heterocycles. The number of furan rings is 1. The molecular weight excluding hydrogens is 418 g/mol. The molecule has 0 atom stereocenters. The molecule has 0 radical (unpaired) electrons. The van der Waals surface area contributed by atoms with Crippen molar-refractivity contribution in [3.05, 3.63) is 78.5 Å². The van der Waals surface area contributed by atoms with E-state index >= 15 is 0 Å². The number of oxazole rings is 1. The summed E-state index contributed by atoms with van der Waals surface area (Å²) in [5, 5.41) is 2.82. The predicted octanol–water partition coefficient (Wildman–Crippen LogP) is 5.33. The zero-order valence-corrected chi connectivity index (χ0v) is 16.6. The Kier molecular flexibility index (Phi) is 4.98. The molecule has 1 amide bonds. The van der Waals surface area contributed by atoms with Crippen molar-refractivity contribution in [2.24, 2.45) is 0 Å². The van der Waals surface area contributed by atoms with Gasteiger partial charge in [-0.15, -0.1) is 0 Å². The summed E-state index contributed by atoms with van der Waals surface area (Å²) in [5.74, 6) is 0.0372. The number of hydrogen-bond donors (Lipinski definition) is 2. The average Bonchev–Trinajstić information content (AvgIpc) is 3.52. The van der Waals surface area contributed by atoms with Crippen molar-refractivity contribution in [3.63, 3.8) is 0 Å². The monoisotopic (exact) mass is 434 g/mol. The number of anilines is 1.